The largest absolute Gasteiger partial charge is 0.455 e. The summed E-state index contributed by atoms with van der Waals surface area (Å²) in [6.45, 7) is 0. The summed E-state index contributed by atoms with van der Waals surface area (Å²) >= 11 is 0. The molecule has 1 atom stereocenters. The quantitative estimate of drug-likeness (QED) is 0.178. The number of hydrogen-bond acceptors (Lipinski definition) is 4. The molecule has 11 aromatic rings. The Hall–Kier alpha value is -8.21. The molecule has 292 valence electrons. The van der Waals surface area contributed by atoms with Crippen LogP contribution in [0, 0.1) is 0 Å². The third-order valence-corrected chi connectivity index (χ3v) is 13.8. The SMILES string of the molecule is c1ccc(-c2nc(-c3cccc(C4c5ccccc5-c5cc6c(cc54)-c4ccccc4C64c5ccccc5-c5ccccc54)c3)nc(-c3cccc4c3oc3ccccc34)n2)cc1. The number of para-hydroxylation sites is 2. The molecule has 4 nitrogen and oxygen atoms in total. The molecule has 0 N–H and O–H groups in total. The van der Waals surface area contributed by atoms with Crippen molar-refractivity contribution in [2.45, 2.75) is 11.3 Å². The number of furan rings is 1. The summed E-state index contributed by atoms with van der Waals surface area (Å²) in [7, 11) is 0. The van der Waals surface area contributed by atoms with Gasteiger partial charge in [-0.15, -0.1) is 0 Å². The first-order valence-electron chi connectivity index (χ1n) is 21.6. The van der Waals surface area contributed by atoms with Crippen molar-refractivity contribution in [2.75, 3.05) is 0 Å². The van der Waals surface area contributed by atoms with Crippen LogP contribution in [0.4, 0.5) is 0 Å². The Bertz CT molecular complexity index is 3670. The summed E-state index contributed by atoms with van der Waals surface area (Å²) in [4.78, 5) is 15.5. The van der Waals surface area contributed by atoms with Gasteiger partial charge in [0.1, 0.15) is 11.2 Å². The molecule has 0 aliphatic heterocycles. The number of nitrogens with zero attached hydrogens (tertiary/aromatic N) is 3. The number of fused-ring (bicyclic) bond motifs is 16. The van der Waals surface area contributed by atoms with Crippen molar-refractivity contribution in [3.63, 3.8) is 0 Å². The third kappa shape index (κ3) is 4.72. The summed E-state index contributed by atoms with van der Waals surface area (Å²) in [5.74, 6) is 1.81. The van der Waals surface area contributed by atoms with Gasteiger partial charge in [0.2, 0.25) is 0 Å². The number of hydrogen-bond donors (Lipinski definition) is 0. The van der Waals surface area contributed by atoms with E-state index in [1.807, 2.05) is 42.5 Å². The molecule has 2 aromatic heterocycles. The maximum Gasteiger partial charge on any atom is 0.167 e. The van der Waals surface area contributed by atoms with Gasteiger partial charge in [-0.1, -0.05) is 176 Å². The van der Waals surface area contributed by atoms with Gasteiger partial charge in [-0.3, -0.25) is 0 Å². The highest BCUT2D eigenvalue weighted by Gasteiger charge is 2.52. The van der Waals surface area contributed by atoms with E-state index >= 15 is 0 Å². The topological polar surface area (TPSA) is 51.8 Å². The molecule has 0 saturated heterocycles. The smallest absolute Gasteiger partial charge is 0.167 e. The molecule has 0 bridgehead atoms. The molecule has 4 heteroatoms. The van der Waals surface area contributed by atoms with E-state index in [0.717, 1.165) is 38.6 Å². The number of rotatable bonds is 4. The summed E-state index contributed by atoms with van der Waals surface area (Å²) in [6, 6.07) is 74.5. The Labute approximate surface area is 363 Å². The average Bonchev–Trinajstić information content (AvgIpc) is 4.07. The summed E-state index contributed by atoms with van der Waals surface area (Å²) < 4.78 is 6.50. The number of aromatic nitrogens is 3. The van der Waals surface area contributed by atoms with Gasteiger partial charge in [0, 0.05) is 27.8 Å². The highest BCUT2D eigenvalue weighted by Crippen LogP contribution is 2.64. The minimum absolute atomic E-state index is 0.00695. The fourth-order valence-electron chi connectivity index (χ4n) is 11.3. The van der Waals surface area contributed by atoms with E-state index < -0.39 is 5.41 Å². The van der Waals surface area contributed by atoms with Crippen LogP contribution in [-0.4, -0.2) is 15.0 Å². The van der Waals surface area contributed by atoms with Crippen LogP contribution in [0.5, 0.6) is 0 Å². The first-order chi connectivity index (χ1) is 31.2. The zero-order valence-electron chi connectivity index (χ0n) is 34.0. The van der Waals surface area contributed by atoms with Crippen molar-refractivity contribution in [3.8, 4) is 67.5 Å². The van der Waals surface area contributed by atoms with Crippen molar-refractivity contribution in [1.82, 2.24) is 15.0 Å². The minimum Gasteiger partial charge on any atom is -0.455 e. The maximum atomic E-state index is 6.50. The molecule has 3 aliphatic rings. The molecule has 1 unspecified atom stereocenters. The standard InChI is InChI=1S/C59H35N3O/c1-2-16-35(17-3-1)56-60-57(62-58(61-56)45-27-15-26-44-42-24-9-13-31-53(42)63-55(44)45)37-19-14-18-36(32-37)54-43-25-5-4-20-38(43)46-34-52-47(33-48(46)54)41-23-8-12-30-51(41)59(52)49-28-10-6-21-39(49)40-22-7-11-29-50(40)59/h1-34,54H. The molecule has 0 saturated carbocycles. The van der Waals surface area contributed by atoms with Crippen LogP contribution in [0.1, 0.15) is 44.9 Å². The molecular weight excluding hydrogens is 767 g/mol. The average molecular weight is 802 g/mol. The third-order valence-electron chi connectivity index (χ3n) is 13.8. The van der Waals surface area contributed by atoms with Gasteiger partial charge in [0.25, 0.3) is 0 Å². The molecule has 63 heavy (non-hydrogen) atoms. The summed E-state index contributed by atoms with van der Waals surface area (Å²) in [6.07, 6.45) is 0. The van der Waals surface area contributed by atoms with Crippen molar-refractivity contribution >= 4 is 21.9 Å². The molecule has 3 aliphatic carbocycles. The van der Waals surface area contributed by atoms with E-state index in [4.69, 9.17) is 19.4 Å². The second kappa shape index (κ2) is 12.9. The molecule has 2 heterocycles. The van der Waals surface area contributed by atoms with Gasteiger partial charge in [-0.2, -0.15) is 0 Å². The molecule has 0 radical (unpaired) electrons. The lowest BCUT2D eigenvalue weighted by atomic mass is 9.70. The Kier molecular flexibility index (Phi) is 7.06. The molecule has 14 rings (SSSR count). The van der Waals surface area contributed by atoms with Gasteiger partial charge < -0.3 is 4.42 Å². The van der Waals surface area contributed by atoms with E-state index in [0.29, 0.717) is 17.5 Å². The van der Waals surface area contributed by atoms with Crippen molar-refractivity contribution in [3.05, 3.63) is 245 Å². The Balaban J connectivity index is 0.961. The predicted molar refractivity (Wildman–Crippen MR) is 253 cm³/mol. The zero-order valence-corrected chi connectivity index (χ0v) is 34.0. The van der Waals surface area contributed by atoms with Gasteiger partial charge in [-0.25, -0.2) is 15.0 Å². The van der Waals surface area contributed by atoms with Crippen LogP contribution in [0.15, 0.2) is 211 Å². The summed E-state index contributed by atoms with van der Waals surface area (Å²) in [5.41, 5.74) is 20.9. The van der Waals surface area contributed by atoms with Crippen molar-refractivity contribution in [2.24, 2.45) is 0 Å². The van der Waals surface area contributed by atoms with Crippen LogP contribution in [-0.2, 0) is 5.41 Å². The fraction of sp³-hybridized carbons (Fsp3) is 0.0339. The number of benzene rings is 9. The Morgan fingerprint density at radius 3 is 1.67 bits per heavy atom. The lowest BCUT2D eigenvalue weighted by Crippen LogP contribution is -2.25. The van der Waals surface area contributed by atoms with Crippen LogP contribution in [0.2, 0.25) is 0 Å². The molecule has 1 spiro atoms. The first-order valence-corrected chi connectivity index (χ1v) is 21.6. The monoisotopic (exact) mass is 801 g/mol. The predicted octanol–water partition coefficient (Wildman–Crippen LogP) is 14.3. The highest BCUT2D eigenvalue weighted by molar-refractivity contribution is 6.09. The lowest BCUT2D eigenvalue weighted by molar-refractivity contribution is 0.669. The molecule has 0 amide bonds. The lowest BCUT2D eigenvalue weighted by Gasteiger charge is -2.30. The van der Waals surface area contributed by atoms with Gasteiger partial charge in [0.05, 0.1) is 11.0 Å². The second-order valence-electron chi connectivity index (χ2n) is 17.0. The highest BCUT2D eigenvalue weighted by atomic mass is 16.3. The van der Waals surface area contributed by atoms with Gasteiger partial charge in [0.15, 0.2) is 17.5 Å². The fourth-order valence-corrected chi connectivity index (χ4v) is 11.3. The van der Waals surface area contributed by atoms with Gasteiger partial charge >= 0.3 is 0 Å². The van der Waals surface area contributed by atoms with E-state index in [2.05, 4.69) is 164 Å². The Morgan fingerprint density at radius 2 is 0.905 bits per heavy atom. The van der Waals surface area contributed by atoms with Crippen molar-refractivity contribution in [1.29, 1.82) is 0 Å². The Morgan fingerprint density at radius 1 is 0.349 bits per heavy atom. The van der Waals surface area contributed by atoms with E-state index in [1.165, 1.54) is 72.3 Å². The van der Waals surface area contributed by atoms with Crippen LogP contribution in [0.25, 0.3) is 89.5 Å². The van der Waals surface area contributed by atoms with E-state index in [9.17, 15) is 0 Å². The zero-order chi connectivity index (χ0) is 41.2. The van der Waals surface area contributed by atoms with Crippen LogP contribution in [0.3, 0.4) is 0 Å². The van der Waals surface area contributed by atoms with Gasteiger partial charge in [-0.05, 0) is 103 Å². The van der Waals surface area contributed by atoms with E-state index in [1.54, 1.807) is 0 Å². The van der Waals surface area contributed by atoms with Crippen LogP contribution < -0.4 is 0 Å². The minimum atomic E-state index is -0.402. The first kappa shape index (κ1) is 34.5. The summed E-state index contributed by atoms with van der Waals surface area (Å²) in [5, 5.41) is 2.10. The molecular formula is C59H35N3O. The maximum absolute atomic E-state index is 6.50. The molecule has 0 fully saturated rings. The van der Waals surface area contributed by atoms with Crippen LogP contribution >= 0.6 is 0 Å². The second-order valence-corrected chi connectivity index (χ2v) is 17.0. The normalized spacial score (nSPS) is 14.6. The molecule has 9 aromatic carbocycles. The van der Waals surface area contributed by atoms with Crippen molar-refractivity contribution < 1.29 is 4.42 Å². The van der Waals surface area contributed by atoms with E-state index in [-0.39, 0.29) is 5.92 Å².